The van der Waals surface area contributed by atoms with Crippen LogP contribution in [0.15, 0.2) is 0 Å². The van der Waals surface area contributed by atoms with Gasteiger partial charge in [0.1, 0.15) is 0 Å². The molecule has 0 aromatic rings. The lowest BCUT2D eigenvalue weighted by Crippen LogP contribution is -2.30. The van der Waals surface area contributed by atoms with Gasteiger partial charge in [0.25, 0.3) is 0 Å². The van der Waals surface area contributed by atoms with Crippen molar-refractivity contribution in [3.8, 4) is 0 Å². The van der Waals surface area contributed by atoms with E-state index < -0.39 is 0 Å². The highest BCUT2D eigenvalue weighted by Gasteiger charge is 2.08. The third kappa shape index (κ3) is 9.49. The van der Waals surface area contributed by atoms with Gasteiger partial charge in [-0.3, -0.25) is 9.59 Å². The van der Waals surface area contributed by atoms with Crippen LogP contribution in [0.3, 0.4) is 0 Å². The molecule has 16 heavy (non-hydrogen) atoms. The Kier molecular flexibility index (Phi) is 7.60. The molecule has 0 aromatic carbocycles. The van der Waals surface area contributed by atoms with Crippen LogP contribution in [0.5, 0.6) is 0 Å². The fraction of sp³-hybridized carbons (Fsp3) is 0.833. The van der Waals surface area contributed by atoms with Gasteiger partial charge in [0.15, 0.2) is 0 Å². The first-order valence-corrected chi connectivity index (χ1v) is 5.96. The molecule has 4 heteroatoms. The van der Waals surface area contributed by atoms with Gasteiger partial charge in [-0.25, -0.2) is 0 Å². The van der Waals surface area contributed by atoms with E-state index in [0.29, 0.717) is 25.3 Å². The van der Waals surface area contributed by atoms with Crippen LogP contribution in [0, 0.1) is 11.8 Å². The Morgan fingerprint density at radius 2 is 1.88 bits per heavy atom. The van der Waals surface area contributed by atoms with Gasteiger partial charge in [-0.1, -0.05) is 27.2 Å². The summed E-state index contributed by atoms with van der Waals surface area (Å²) < 4.78 is 0. The van der Waals surface area contributed by atoms with Crippen LogP contribution in [0.1, 0.15) is 46.5 Å². The molecule has 0 heterocycles. The largest absolute Gasteiger partial charge is 0.370 e. The van der Waals surface area contributed by atoms with Crippen molar-refractivity contribution >= 4 is 11.8 Å². The summed E-state index contributed by atoms with van der Waals surface area (Å²) in [6.07, 6.45) is 2.89. The van der Waals surface area contributed by atoms with Gasteiger partial charge in [0.2, 0.25) is 11.8 Å². The summed E-state index contributed by atoms with van der Waals surface area (Å²) in [7, 11) is 0. The number of rotatable bonds is 8. The van der Waals surface area contributed by atoms with Crippen molar-refractivity contribution in [2.45, 2.75) is 46.5 Å². The highest BCUT2D eigenvalue weighted by molar-refractivity contribution is 5.76. The molecule has 0 aliphatic heterocycles. The maximum atomic E-state index is 11.4. The molecule has 0 rings (SSSR count). The van der Waals surface area contributed by atoms with Crippen molar-refractivity contribution in [3.05, 3.63) is 0 Å². The summed E-state index contributed by atoms with van der Waals surface area (Å²) in [6, 6.07) is 0. The standard InChI is InChI=1S/C12H24N2O2/c1-9(2)5-4-6-12(16)14-8-10(3)7-11(13)15/h9-10H,4-8H2,1-3H3,(H2,13,15)(H,14,16). The number of carbonyl (C=O) groups is 2. The zero-order valence-corrected chi connectivity index (χ0v) is 10.6. The number of hydrogen-bond acceptors (Lipinski definition) is 2. The molecule has 3 N–H and O–H groups in total. The smallest absolute Gasteiger partial charge is 0.220 e. The second-order valence-electron chi connectivity index (χ2n) is 4.87. The van der Waals surface area contributed by atoms with E-state index in [1.54, 1.807) is 0 Å². The summed E-state index contributed by atoms with van der Waals surface area (Å²) in [5.41, 5.74) is 5.06. The molecular weight excluding hydrogens is 204 g/mol. The van der Waals surface area contributed by atoms with Crippen molar-refractivity contribution in [3.63, 3.8) is 0 Å². The second-order valence-corrected chi connectivity index (χ2v) is 4.87. The zero-order chi connectivity index (χ0) is 12.6. The van der Waals surface area contributed by atoms with Gasteiger partial charge in [0.05, 0.1) is 0 Å². The molecule has 1 atom stereocenters. The highest BCUT2D eigenvalue weighted by Crippen LogP contribution is 2.06. The van der Waals surface area contributed by atoms with Crippen molar-refractivity contribution in [2.24, 2.45) is 17.6 Å². The fourth-order valence-corrected chi connectivity index (χ4v) is 1.46. The number of nitrogens with two attached hydrogens (primary N) is 1. The van der Waals surface area contributed by atoms with Crippen molar-refractivity contribution in [1.82, 2.24) is 5.32 Å². The Morgan fingerprint density at radius 1 is 1.25 bits per heavy atom. The molecule has 0 aliphatic carbocycles. The third-order valence-electron chi connectivity index (χ3n) is 2.38. The maximum absolute atomic E-state index is 11.4. The van der Waals surface area contributed by atoms with Gasteiger partial charge >= 0.3 is 0 Å². The van der Waals surface area contributed by atoms with Gasteiger partial charge in [-0.2, -0.15) is 0 Å². The van der Waals surface area contributed by atoms with Gasteiger partial charge in [-0.05, 0) is 18.3 Å². The summed E-state index contributed by atoms with van der Waals surface area (Å²) in [4.78, 5) is 22.0. The van der Waals surface area contributed by atoms with E-state index in [-0.39, 0.29) is 17.7 Å². The lowest BCUT2D eigenvalue weighted by molar-refractivity contribution is -0.122. The predicted octanol–water partition coefficient (Wildman–Crippen LogP) is 1.44. The minimum absolute atomic E-state index is 0.0666. The molecule has 1 unspecified atom stereocenters. The predicted molar refractivity (Wildman–Crippen MR) is 64.7 cm³/mol. The molecule has 0 aromatic heterocycles. The topological polar surface area (TPSA) is 72.2 Å². The molecule has 0 fully saturated rings. The summed E-state index contributed by atoms with van der Waals surface area (Å²) in [5, 5.41) is 2.81. The number of carbonyl (C=O) groups excluding carboxylic acids is 2. The average molecular weight is 228 g/mol. The van der Waals surface area contributed by atoms with E-state index in [1.165, 1.54) is 0 Å². The molecule has 2 amide bonds. The Hall–Kier alpha value is -1.06. The molecule has 0 radical (unpaired) electrons. The van der Waals surface area contributed by atoms with Crippen molar-refractivity contribution in [2.75, 3.05) is 6.54 Å². The molecule has 0 aliphatic rings. The lowest BCUT2D eigenvalue weighted by atomic mass is 10.1. The van der Waals surface area contributed by atoms with Gasteiger partial charge < -0.3 is 11.1 Å². The first-order chi connectivity index (χ1) is 7.41. The SMILES string of the molecule is CC(C)CCCC(=O)NCC(C)CC(N)=O. The number of hydrogen-bond donors (Lipinski definition) is 2. The quantitative estimate of drug-likeness (QED) is 0.660. The Labute approximate surface area is 98.0 Å². The zero-order valence-electron chi connectivity index (χ0n) is 10.6. The summed E-state index contributed by atoms with van der Waals surface area (Å²) in [6.45, 7) is 6.72. The fourth-order valence-electron chi connectivity index (χ4n) is 1.46. The minimum Gasteiger partial charge on any atom is -0.370 e. The Morgan fingerprint density at radius 3 is 2.38 bits per heavy atom. The maximum Gasteiger partial charge on any atom is 0.220 e. The summed E-state index contributed by atoms with van der Waals surface area (Å²) >= 11 is 0. The average Bonchev–Trinajstić information content (AvgIpc) is 2.13. The van der Waals surface area contributed by atoms with Crippen molar-refractivity contribution in [1.29, 1.82) is 0 Å². The van der Waals surface area contributed by atoms with Gasteiger partial charge in [-0.15, -0.1) is 0 Å². The molecule has 0 saturated carbocycles. The van der Waals surface area contributed by atoms with E-state index in [4.69, 9.17) is 5.73 Å². The van der Waals surface area contributed by atoms with E-state index >= 15 is 0 Å². The van der Waals surface area contributed by atoms with E-state index in [9.17, 15) is 9.59 Å². The molecule has 4 nitrogen and oxygen atoms in total. The molecule has 0 spiro atoms. The van der Waals surface area contributed by atoms with Gasteiger partial charge in [0, 0.05) is 19.4 Å². The Bertz CT molecular complexity index is 227. The molecular formula is C12H24N2O2. The lowest BCUT2D eigenvalue weighted by Gasteiger charge is -2.11. The van der Waals surface area contributed by atoms with Crippen LogP contribution in [-0.2, 0) is 9.59 Å². The van der Waals surface area contributed by atoms with Crippen LogP contribution in [0.4, 0.5) is 0 Å². The van der Waals surface area contributed by atoms with Crippen LogP contribution >= 0.6 is 0 Å². The highest BCUT2D eigenvalue weighted by atomic mass is 16.2. The normalized spacial score (nSPS) is 12.5. The second kappa shape index (κ2) is 8.13. The van der Waals surface area contributed by atoms with E-state index in [1.807, 2.05) is 6.92 Å². The molecule has 0 saturated heterocycles. The first kappa shape index (κ1) is 14.9. The first-order valence-electron chi connectivity index (χ1n) is 5.96. The molecule has 94 valence electrons. The van der Waals surface area contributed by atoms with Crippen molar-refractivity contribution < 1.29 is 9.59 Å². The van der Waals surface area contributed by atoms with E-state index in [2.05, 4.69) is 19.2 Å². The van der Waals surface area contributed by atoms with E-state index in [0.717, 1.165) is 12.8 Å². The Balaban J connectivity index is 3.53. The minimum atomic E-state index is -0.318. The van der Waals surface area contributed by atoms with Crippen LogP contribution in [0.2, 0.25) is 0 Å². The monoisotopic (exact) mass is 228 g/mol. The molecule has 0 bridgehead atoms. The summed E-state index contributed by atoms with van der Waals surface area (Å²) in [5.74, 6) is 0.506. The number of amides is 2. The number of primary amides is 1. The van der Waals surface area contributed by atoms with Crippen LogP contribution < -0.4 is 11.1 Å². The van der Waals surface area contributed by atoms with Crippen LogP contribution in [0.25, 0.3) is 0 Å². The third-order valence-corrected chi connectivity index (χ3v) is 2.38. The number of nitrogens with one attached hydrogen (secondary N) is 1. The van der Waals surface area contributed by atoms with Crippen LogP contribution in [-0.4, -0.2) is 18.4 Å².